The molecule has 0 aliphatic carbocycles. The molecule has 136 valence electrons. The largest absolute Gasteiger partial charge is 0.357 e. The Morgan fingerprint density at radius 1 is 1.20 bits per heavy atom. The Balaban J connectivity index is 1.93. The molecule has 2 N–H and O–H groups in total. The molecule has 0 saturated heterocycles. The van der Waals surface area contributed by atoms with Gasteiger partial charge in [-0.2, -0.15) is 16.9 Å². The topological polar surface area (TPSA) is 54.2 Å². The van der Waals surface area contributed by atoms with E-state index in [1.54, 1.807) is 0 Å². The third-order valence-corrected chi connectivity index (χ3v) is 5.12. The Bertz CT molecular complexity index is 663. The second kappa shape index (κ2) is 9.51. The molecule has 0 saturated carbocycles. The Morgan fingerprint density at radius 3 is 2.64 bits per heavy atom. The van der Waals surface area contributed by atoms with Crippen molar-refractivity contribution in [2.75, 3.05) is 19.3 Å². The number of nitrogens with zero attached hydrogens (tertiary/aromatic N) is 3. The number of rotatable bonds is 8. The summed E-state index contributed by atoms with van der Waals surface area (Å²) >= 11 is 1.85. The number of nitrogens with one attached hydrogen (secondary N) is 2. The van der Waals surface area contributed by atoms with Gasteiger partial charge in [-0.1, -0.05) is 30.3 Å². The summed E-state index contributed by atoms with van der Waals surface area (Å²) < 4.78 is 2.13. The zero-order chi connectivity index (χ0) is 18.1. The van der Waals surface area contributed by atoms with E-state index < -0.39 is 0 Å². The lowest BCUT2D eigenvalue weighted by atomic mass is 10.2. The van der Waals surface area contributed by atoms with Gasteiger partial charge in [-0.05, 0) is 32.6 Å². The quantitative estimate of drug-likeness (QED) is 0.562. The predicted octanol–water partition coefficient (Wildman–Crippen LogP) is 3.13. The maximum absolute atomic E-state index is 4.67. The molecule has 0 amide bonds. The van der Waals surface area contributed by atoms with Crippen LogP contribution in [-0.4, -0.2) is 39.8 Å². The van der Waals surface area contributed by atoms with Gasteiger partial charge in [-0.3, -0.25) is 4.68 Å². The number of hydrogen-bond acceptors (Lipinski definition) is 3. The van der Waals surface area contributed by atoms with Gasteiger partial charge in [-0.15, -0.1) is 0 Å². The van der Waals surface area contributed by atoms with Gasteiger partial charge < -0.3 is 10.6 Å². The van der Waals surface area contributed by atoms with Crippen molar-refractivity contribution in [3.63, 3.8) is 0 Å². The van der Waals surface area contributed by atoms with Crippen LogP contribution < -0.4 is 10.6 Å². The zero-order valence-electron chi connectivity index (χ0n) is 15.6. The van der Waals surface area contributed by atoms with Crippen LogP contribution >= 0.6 is 11.8 Å². The molecule has 2 rings (SSSR count). The van der Waals surface area contributed by atoms with E-state index in [1.807, 2.05) is 28.7 Å². The van der Waals surface area contributed by atoms with Crippen molar-refractivity contribution in [1.29, 1.82) is 0 Å². The first-order valence-corrected chi connectivity index (χ1v) is 9.87. The molecule has 0 radical (unpaired) electrons. The number of aromatic nitrogens is 2. The molecule has 0 aliphatic heterocycles. The summed E-state index contributed by atoms with van der Waals surface area (Å²) in [6, 6.07) is 10.4. The van der Waals surface area contributed by atoms with Crippen LogP contribution in [0, 0.1) is 0 Å². The molecule has 0 fully saturated rings. The molecular weight excluding hydrogens is 330 g/mol. The summed E-state index contributed by atoms with van der Waals surface area (Å²) in [5.74, 6) is 0.848. The van der Waals surface area contributed by atoms with Crippen LogP contribution in [0.2, 0.25) is 0 Å². The molecule has 0 aliphatic rings. The molecule has 0 unspecified atom stereocenters. The average molecular weight is 360 g/mol. The molecule has 1 aromatic heterocycles. The summed E-state index contributed by atoms with van der Waals surface area (Å²) in [5.41, 5.74) is 2.35. The Labute approximate surface area is 155 Å². The summed E-state index contributed by atoms with van der Waals surface area (Å²) in [7, 11) is 0. The van der Waals surface area contributed by atoms with Crippen LogP contribution in [0.25, 0.3) is 0 Å². The van der Waals surface area contributed by atoms with Gasteiger partial charge in [0.25, 0.3) is 0 Å². The molecule has 1 aromatic carbocycles. The molecule has 5 nitrogen and oxygen atoms in total. The highest BCUT2D eigenvalue weighted by Gasteiger charge is 2.16. The van der Waals surface area contributed by atoms with Crippen molar-refractivity contribution in [3.05, 3.63) is 53.9 Å². The average Bonchev–Trinajstić information content (AvgIpc) is 3.06. The second-order valence-corrected chi connectivity index (χ2v) is 8.06. The van der Waals surface area contributed by atoms with Gasteiger partial charge in [0.1, 0.15) is 0 Å². The van der Waals surface area contributed by atoms with Gasteiger partial charge in [0.05, 0.1) is 19.3 Å². The minimum atomic E-state index is 0.177. The van der Waals surface area contributed by atoms with Gasteiger partial charge in [-0.25, -0.2) is 4.99 Å². The standard InChI is InChI=1S/C19H29N5S/c1-5-20-18(22-15-19(2,3)25-4)21-11-17-12-23-24(14-17)13-16-9-7-6-8-10-16/h6-10,12,14H,5,11,13,15H2,1-4H3,(H2,20,21,22). The van der Waals surface area contributed by atoms with Crippen molar-refractivity contribution < 1.29 is 0 Å². The van der Waals surface area contributed by atoms with E-state index in [0.29, 0.717) is 6.54 Å². The lowest BCUT2D eigenvalue weighted by Gasteiger charge is -2.23. The fourth-order valence-corrected chi connectivity index (χ4v) is 2.44. The lowest BCUT2D eigenvalue weighted by Crippen LogP contribution is -2.43. The fourth-order valence-electron chi connectivity index (χ4n) is 2.23. The SMILES string of the molecule is CCNC(=NCc1cnn(Cc2ccccc2)c1)NCC(C)(C)SC. The number of hydrogen-bond donors (Lipinski definition) is 2. The van der Waals surface area contributed by atoms with Gasteiger partial charge in [0, 0.05) is 29.6 Å². The molecule has 0 bridgehead atoms. The molecule has 25 heavy (non-hydrogen) atoms. The number of aliphatic imine (C=N–C) groups is 1. The highest BCUT2D eigenvalue weighted by atomic mass is 32.2. The van der Waals surface area contributed by atoms with Gasteiger partial charge in [0.15, 0.2) is 5.96 Å². The number of benzene rings is 1. The van der Waals surface area contributed by atoms with Crippen LogP contribution in [0.1, 0.15) is 31.9 Å². The summed E-state index contributed by atoms with van der Waals surface area (Å²) in [6.45, 7) is 9.64. The monoisotopic (exact) mass is 359 g/mol. The van der Waals surface area contributed by atoms with Gasteiger partial charge in [0.2, 0.25) is 0 Å². The zero-order valence-corrected chi connectivity index (χ0v) is 16.4. The molecule has 0 atom stereocenters. The van der Waals surface area contributed by atoms with E-state index >= 15 is 0 Å². The second-order valence-electron chi connectivity index (χ2n) is 6.54. The maximum atomic E-state index is 4.67. The normalized spacial score (nSPS) is 12.2. The van der Waals surface area contributed by atoms with Crippen molar-refractivity contribution in [3.8, 4) is 0 Å². The summed E-state index contributed by atoms with van der Waals surface area (Å²) in [5, 5.41) is 11.2. The third kappa shape index (κ3) is 6.82. The number of guanidine groups is 1. The third-order valence-electron chi connectivity index (χ3n) is 3.87. The first-order valence-electron chi connectivity index (χ1n) is 8.65. The fraction of sp³-hybridized carbons (Fsp3) is 0.474. The highest BCUT2D eigenvalue weighted by molar-refractivity contribution is 7.99. The van der Waals surface area contributed by atoms with E-state index in [9.17, 15) is 0 Å². The van der Waals surface area contributed by atoms with Crippen molar-refractivity contribution in [2.45, 2.75) is 38.6 Å². The lowest BCUT2D eigenvalue weighted by molar-refractivity contribution is 0.664. The molecule has 2 aromatic rings. The van der Waals surface area contributed by atoms with E-state index in [4.69, 9.17) is 0 Å². The first-order chi connectivity index (χ1) is 12.0. The van der Waals surface area contributed by atoms with E-state index in [2.05, 4.69) is 78.2 Å². The van der Waals surface area contributed by atoms with Gasteiger partial charge >= 0.3 is 0 Å². The van der Waals surface area contributed by atoms with Crippen LogP contribution in [-0.2, 0) is 13.1 Å². The maximum Gasteiger partial charge on any atom is 0.191 e. The van der Waals surface area contributed by atoms with Crippen molar-refractivity contribution >= 4 is 17.7 Å². The van der Waals surface area contributed by atoms with E-state index in [-0.39, 0.29) is 4.75 Å². The van der Waals surface area contributed by atoms with Crippen LogP contribution in [0.5, 0.6) is 0 Å². The van der Waals surface area contributed by atoms with Crippen molar-refractivity contribution in [2.24, 2.45) is 4.99 Å². The molecule has 1 heterocycles. The Hall–Kier alpha value is -1.95. The van der Waals surface area contributed by atoms with E-state index in [1.165, 1.54) is 5.56 Å². The van der Waals surface area contributed by atoms with Crippen LogP contribution in [0.15, 0.2) is 47.7 Å². The summed E-state index contributed by atoms with van der Waals surface area (Å²) in [4.78, 5) is 4.67. The molecule has 6 heteroatoms. The molecule has 0 spiro atoms. The highest BCUT2D eigenvalue weighted by Crippen LogP contribution is 2.19. The predicted molar refractivity (Wildman–Crippen MR) is 108 cm³/mol. The number of thioether (sulfide) groups is 1. The first kappa shape index (κ1) is 19.4. The van der Waals surface area contributed by atoms with Crippen molar-refractivity contribution in [1.82, 2.24) is 20.4 Å². The van der Waals surface area contributed by atoms with E-state index in [0.717, 1.165) is 31.2 Å². The minimum Gasteiger partial charge on any atom is -0.357 e. The Kier molecular flexibility index (Phi) is 7.37. The minimum absolute atomic E-state index is 0.177. The smallest absolute Gasteiger partial charge is 0.191 e. The summed E-state index contributed by atoms with van der Waals surface area (Å²) in [6.07, 6.45) is 6.08. The van der Waals surface area contributed by atoms with Crippen LogP contribution in [0.3, 0.4) is 0 Å². The molecular formula is C19H29N5S. The Morgan fingerprint density at radius 2 is 1.96 bits per heavy atom. The van der Waals surface area contributed by atoms with Crippen LogP contribution in [0.4, 0.5) is 0 Å².